The fraction of sp³-hybridized carbons (Fsp3) is 1.00. The fourth-order valence-corrected chi connectivity index (χ4v) is 0.879. The number of hydrogen-bond acceptors (Lipinski definition) is 4. The van der Waals surface area contributed by atoms with E-state index in [1.165, 1.54) is 0 Å². The Bertz CT molecular complexity index is 71.4. The van der Waals surface area contributed by atoms with Crippen LogP contribution in [0.5, 0.6) is 0 Å². The molecule has 2 atom stereocenters. The molecule has 4 nitrogen and oxygen atoms in total. The van der Waals surface area contributed by atoms with Gasteiger partial charge in [0.25, 0.3) is 0 Å². The molecule has 0 rings (SSSR count). The highest BCUT2D eigenvalue weighted by Crippen LogP contribution is 2.05. The van der Waals surface area contributed by atoms with Gasteiger partial charge in [-0.15, -0.1) is 0 Å². The van der Waals surface area contributed by atoms with Crippen LogP contribution in [0.15, 0.2) is 0 Å². The number of rotatable bonds is 5. The van der Waals surface area contributed by atoms with Gasteiger partial charge in [0.1, 0.15) is 0 Å². The summed E-state index contributed by atoms with van der Waals surface area (Å²) in [6, 6.07) is 0. The van der Waals surface area contributed by atoms with Crippen LogP contribution in [0.3, 0.4) is 0 Å². The average Bonchev–Trinajstić information content (AvgIpc) is 1.87. The van der Waals surface area contributed by atoms with Gasteiger partial charge in [-0.2, -0.15) is 0 Å². The van der Waals surface area contributed by atoms with E-state index in [-0.39, 0.29) is 12.0 Å². The van der Waals surface area contributed by atoms with Gasteiger partial charge in [0, 0.05) is 6.54 Å². The highest BCUT2D eigenvalue weighted by Gasteiger charge is 2.12. The molecule has 0 bridgehead atoms. The molecular weight excluding hydrogens is 130 g/mol. The number of nitrogens with one attached hydrogen (secondary N) is 1. The first-order valence-electron chi connectivity index (χ1n) is 3.54. The molecule has 0 amide bonds. The molecule has 0 heterocycles. The fourth-order valence-electron chi connectivity index (χ4n) is 0.879. The summed E-state index contributed by atoms with van der Waals surface area (Å²) in [6.45, 7) is 2.96. The van der Waals surface area contributed by atoms with Crippen LogP contribution in [-0.4, -0.2) is 24.3 Å². The zero-order valence-corrected chi connectivity index (χ0v) is 6.38. The van der Waals surface area contributed by atoms with Crippen molar-refractivity contribution in [3.05, 3.63) is 0 Å². The summed E-state index contributed by atoms with van der Waals surface area (Å²) in [7, 11) is 0. The highest BCUT2D eigenvalue weighted by molar-refractivity contribution is 4.66. The van der Waals surface area contributed by atoms with Crippen LogP contribution >= 0.6 is 0 Å². The van der Waals surface area contributed by atoms with Crippen LogP contribution in [0.25, 0.3) is 0 Å². The molecule has 2 unspecified atom stereocenters. The minimum absolute atomic E-state index is 0.176. The largest absolute Gasteiger partial charge is 0.393 e. The topological polar surface area (TPSA) is 84.3 Å². The van der Waals surface area contributed by atoms with Gasteiger partial charge in [-0.3, -0.25) is 11.3 Å². The van der Waals surface area contributed by atoms with E-state index in [9.17, 15) is 0 Å². The van der Waals surface area contributed by atoms with Gasteiger partial charge in [0.2, 0.25) is 0 Å². The van der Waals surface area contributed by atoms with E-state index in [0.29, 0.717) is 13.1 Å². The Morgan fingerprint density at radius 3 is 2.50 bits per heavy atom. The second-order valence-electron chi connectivity index (χ2n) is 2.49. The van der Waals surface area contributed by atoms with E-state index >= 15 is 0 Å². The molecule has 0 aliphatic carbocycles. The van der Waals surface area contributed by atoms with Crippen molar-refractivity contribution in [1.29, 1.82) is 0 Å². The van der Waals surface area contributed by atoms with E-state index < -0.39 is 0 Å². The Morgan fingerprint density at radius 2 is 2.20 bits per heavy atom. The van der Waals surface area contributed by atoms with Crippen molar-refractivity contribution in [2.45, 2.75) is 19.4 Å². The first-order valence-corrected chi connectivity index (χ1v) is 3.54. The van der Waals surface area contributed by atoms with Crippen LogP contribution < -0.4 is 17.0 Å². The van der Waals surface area contributed by atoms with Gasteiger partial charge >= 0.3 is 0 Å². The van der Waals surface area contributed by atoms with Crippen molar-refractivity contribution >= 4 is 0 Å². The standard InChI is InChI=1S/C6H17N3O/c1-5(10)6(2-3-7)4-9-8/h5-6,9-10H,2-4,7-8H2,1H3. The van der Waals surface area contributed by atoms with Gasteiger partial charge < -0.3 is 10.8 Å². The van der Waals surface area contributed by atoms with E-state index in [1.807, 2.05) is 0 Å². The zero-order chi connectivity index (χ0) is 7.98. The summed E-state index contributed by atoms with van der Waals surface area (Å²) >= 11 is 0. The minimum Gasteiger partial charge on any atom is -0.393 e. The number of hydrogen-bond donors (Lipinski definition) is 4. The lowest BCUT2D eigenvalue weighted by Gasteiger charge is -2.17. The quantitative estimate of drug-likeness (QED) is 0.290. The van der Waals surface area contributed by atoms with Crippen LogP contribution in [-0.2, 0) is 0 Å². The summed E-state index contributed by atoms with van der Waals surface area (Å²) < 4.78 is 0. The van der Waals surface area contributed by atoms with E-state index in [2.05, 4.69) is 5.43 Å². The lowest BCUT2D eigenvalue weighted by Crippen LogP contribution is -2.35. The Morgan fingerprint density at radius 1 is 1.60 bits per heavy atom. The molecule has 0 spiro atoms. The van der Waals surface area contributed by atoms with E-state index in [1.54, 1.807) is 6.92 Å². The molecule has 4 heteroatoms. The lowest BCUT2D eigenvalue weighted by molar-refractivity contribution is 0.120. The molecule has 10 heavy (non-hydrogen) atoms. The number of hydrazine groups is 1. The van der Waals surface area contributed by atoms with E-state index in [4.69, 9.17) is 16.7 Å². The van der Waals surface area contributed by atoms with Crippen LogP contribution in [0, 0.1) is 5.92 Å². The molecule has 0 aromatic heterocycles. The predicted molar refractivity (Wildman–Crippen MR) is 41.0 cm³/mol. The number of aliphatic hydroxyl groups excluding tert-OH is 1. The summed E-state index contributed by atoms with van der Waals surface area (Å²) in [4.78, 5) is 0. The Labute approximate surface area is 61.6 Å². The molecule has 0 aromatic carbocycles. The third kappa shape index (κ3) is 3.79. The molecule has 0 saturated carbocycles. The van der Waals surface area contributed by atoms with Crippen LogP contribution in [0.4, 0.5) is 0 Å². The molecule has 0 aromatic rings. The van der Waals surface area contributed by atoms with Crippen LogP contribution in [0.1, 0.15) is 13.3 Å². The van der Waals surface area contributed by atoms with Gasteiger partial charge in [-0.25, -0.2) is 0 Å². The third-order valence-electron chi connectivity index (χ3n) is 1.60. The van der Waals surface area contributed by atoms with Crippen molar-refractivity contribution in [3.8, 4) is 0 Å². The van der Waals surface area contributed by atoms with E-state index in [0.717, 1.165) is 6.42 Å². The monoisotopic (exact) mass is 147 g/mol. The van der Waals surface area contributed by atoms with Crippen molar-refractivity contribution in [1.82, 2.24) is 5.43 Å². The average molecular weight is 147 g/mol. The third-order valence-corrected chi connectivity index (χ3v) is 1.60. The molecule has 6 N–H and O–H groups in total. The Kier molecular flexibility index (Phi) is 5.52. The normalized spacial score (nSPS) is 16.8. The van der Waals surface area contributed by atoms with Gasteiger partial charge in [0.05, 0.1) is 6.10 Å². The lowest BCUT2D eigenvalue weighted by atomic mass is 10.0. The molecular formula is C6H17N3O. The molecule has 0 aliphatic heterocycles. The molecule has 0 saturated heterocycles. The molecule has 0 aliphatic rings. The predicted octanol–water partition coefficient (Wildman–Crippen LogP) is -1.20. The van der Waals surface area contributed by atoms with Gasteiger partial charge in [-0.05, 0) is 25.8 Å². The van der Waals surface area contributed by atoms with Crippen LogP contribution in [0.2, 0.25) is 0 Å². The maximum Gasteiger partial charge on any atom is 0.0553 e. The smallest absolute Gasteiger partial charge is 0.0553 e. The minimum atomic E-state index is -0.334. The Hall–Kier alpha value is -0.160. The Balaban J connectivity index is 3.50. The van der Waals surface area contributed by atoms with Crippen molar-refractivity contribution < 1.29 is 5.11 Å². The highest BCUT2D eigenvalue weighted by atomic mass is 16.3. The summed E-state index contributed by atoms with van der Waals surface area (Å²) in [5, 5.41) is 9.12. The summed E-state index contributed by atoms with van der Waals surface area (Å²) in [6.07, 6.45) is 0.474. The first-order chi connectivity index (χ1) is 4.72. The zero-order valence-electron chi connectivity index (χ0n) is 6.38. The molecule has 0 radical (unpaired) electrons. The summed E-state index contributed by atoms with van der Waals surface area (Å²) in [5.41, 5.74) is 7.84. The van der Waals surface area contributed by atoms with Crippen molar-refractivity contribution in [2.24, 2.45) is 17.5 Å². The van der Waals surface area contributed by atoms with Crippen molar-refractivity contribution in [2.75, 3.05) is 13.1 Å². The number of aliphatic hydroxyl groups is 1. The second-order valence-corrected chi connectivity index (χ2v) is 2.49. The molecule has 62 valence electrons. The van der Waals surface area contributed by atoms with Gasteiger partial charge in [0.15, 0.2) is 0 Å². The second kappa shape index (κ2) is 5.61. The SMILES string of the molecule is CC(O)C(CCN)CNN. The number of nitrogens with two attached hydrogens (primary N) is 2. The maximum atomic E-state index is 9.12. The van der Waals surface area contributed by atoms with Gasteiger partial charge in [-0.1, -0.05) is 0 Å². The molecule has 0 fully saturated rings. The first kappa shape index (κ1) is 9.84. The maximum absolute atomic E-state index is 9.12. The van der Waals surface area contributed by atoms with Crippen molar-refractivity contribution in [3.63, 3.8) is 0 Å². The summed E-state index contributed by atoms with van der Waals surface area (Å²) in [5.74, 6) is 5.27.